The van der Waals surface area contributed by atoms with Gasteiger partial charge in [-0.15, -0.1) is 0 Å². The maximum Gasteiger partial charge on any atom is 0.292 e. The van der Waals surface area contributed by atoms with Crippen LogP contribution < -0.4 is 5.32 Å². The maximum atomic E-state index is 10.7. The Labute approximate surface area is 103 Å². The van der Waals surface area contributed by atoms with E-state index in [1.807, 2.05) is 0 Å². The van der Waals surface area contributed by atoms with E-state index in [-0.39, 0.29) is 17.9 Å². The van der Waals surface area contributed by atoms with E-state index in [0.717, 1.165) is 0 Å². The van der Waals surface area contributed by atoms with Crippen molar-refractivity contribution in [1.82, 2.24) is 0 Å². The molecule has 17 heavy (non-hydrogen) atoms. The molecule has 7 heteroatoms. The average molecular weight is 261 g/mol. The molecule has 0 fully saturated rings. The van der Waals surface area contributed by atoms with E-state index >= 15 is 0 Å². The van der Waals surface area contributed by atoms with Crippen molar-refractivity contribution in [2.45, 2.75) is 12.5 Å². The Balaban J connectivity index is 2.89. The van der Waals surface area contributed by atoms with Gasteiger partial charge < -0.3 is 15.5 Å². The molecule has 0 radical (unpaired) electrons. The summed E-state index contributed by atoms with van der Waals surface area (Å²) in [5, 5.41) is 32.2. The van der Waals surface area contributed by atoms with Crippen molar-refractivity contribution in [2.75, 3.05) is 18.5 Å². The summed E-state index contributed by atoms with van der Waals surface area (Å²) in [6.07, 6.45) is 0. The van der Waals surface area contributed by atoms with Gasteiger partial charge in [-0.05, 0) is 19.1 Å². The predicted molar refractivity (Wildman–Crippen MR) is 64.3 cm³/mol. The van der Waals surface area contributed by atoms with Crippen LogP contribution in [0.2, 0.25) is 5.02 Å². The molecule has 6 nitrogen and oxygen atoms in total. The third kappa shape index (κ3) is 3.85. The lowest BCUT2D eigenvalue weighted by Gasteiger charge is -2.21. The van der Waals surface area contributed by atoms with Gasteiger partial charge in [0.25, 0.3) is 5.69 Å². The first-order valence-electron chi connectivity index (χ1n) is 4.87. The Kier molecular flexibility index (Phi) is 4.28. The molecule has 3 N–H and O–H groups in total. The zero-order chi connectivity index (χ0) is 13.1. The van der Waals surface area contributed by atoms with Gasteiger partial charge in [0.15, 0.2) is 0 Å². The van der Waals surface area contributed by atoms with Crippen LogP contribution in [0.3, 0.4) is 0 Å². The highest BCUT2D eigenvalue weighted by atomic mass is 35.5. The van der Waals surface area contributed by atoms with Crippen LogP contribution in [0.25, 0.3) is 0 Å². The molecular weight excluding hydrogens is 248 g/mol. The van der Waals surface area contributed by atoms with Gasteiger partial charge in [-0.2, -0.15) is 0 Å². The number of aliphatic hydroxyl groups excluding tert-OH is 1. The van der Waals surface area contributed by atoms with Crippen LogP contribution in [-0.2, 0) is 0 Å². The lowest BCUT2D eigenvalue weighted by Crippen LogP contribution is -2.37. The smallest absolute Gasteiger partial charge is 0.292 e. The molecule has 0 aliphatic carbocycles. The second-order valence-electron chi connectivity index (χ2n) is 3.93. The van der Waals surface area contributed by atoms with Crippen LogP contribution >= 0.6 is 11.6 Å². The van der Waals surface area contributed by atoms with E-state index in [1.54, 1.807) is 0 Å². The molecule has 94 valence electrons. The van der Waals surface area contributed by atoms with Crippen molar-refractivity contribution < 1.29 is 15.1 Å². The number of halogens is 1. The highest BCUT2D eigenvalue weighted by Gasteiger charge is 2.21. The van der Waals surface area contributed by atoms with E-state index in [4.69, 9.17) is 16.7 Å². The summed E-state index contributed by atoms with van der Waals surface area (Å²) in [6.45, 7) is 0.940. The van der Waals surface area contributed by atoms with E-state index in [2.05, 4.69) is 5.32 Å². The Morgan fingerprint density at radius 1 is 1.59 bits per heavy atom. The average Bonchev–Trinajstić information content (AvgIpc) is 2.26. The molecule has 1 aromatic rings. The minimum atomic E-state index is -1.35. The highest BCUT2D eigenvalue weighted by molar-refractivity contribution is 6.31. The van der Waals surface area contributed by atoms with Crippen LogP contribution in [0.5, 0.6) is 0 Å². The number of benzene rings is 1. The van der Waals surface area contributed by atoms with Crippen LogP contribution in [0.4, 0.5) is 11.4 Å². The van der Waals surface area contributed by atoms with Crippen molar-refractivity contribution in [1.29, 1.82) is 0 Å². The summed E-state index contributed by atoms with van der Waals surface area (Å²) >= 11 is 5.73. The quantitative estimate of drug-likeness (QED) is 0.549. The third-order valence-corrected chi connectivity index (χ3v) is 2.39. The molecule has 1 rings (SSSR count). The van der Waals surface area contributed by atoms with Crippen molar-refractivity contribution in [2.24, 2.45) is 0 Å². The standard InChI is InChI=1S/C10H13ClN2O4/c1-10(15,6-14)5-12-8-4-7(11)2-3-9(8)13(16)17/h2-4,12,14-15H,5-6H2,1H3. The van der Waals surface area contributed by atoms with Crippen molar-refractivity contribution >= 4 is 23.0 Å². The minimum absolute atomic E-state index is 0.0231. The van der Waals surface area contributed by atoms with Gasteiger partial charge in [-0.1, -0.05) is 11.6 Å². The monoisotopic (exact) mass is 260 g/mol. The SMILES string of the molecule is CC(O)(CO)CNc1cc(Cl)ccc1[N+](=O)[O-]. The molecule has 1 atom stereocenters. The van der Waals surface area contributed by atoms with Crippen LogP contribution in [0.1, 0.15) is 6.92 Å². The summed E-state index contributed by atoms with van der Waals surface area (Å²) in [7, 11) is 0. The molecule has 0 bridgehead atoms. The molecule has 0 saturated carbocycles. The van der Waals surface area contributed by atoms with Crippen molar-refractivity contribution in [3.05, 3.63) is 33.3 Å². The number of hydrogen-bond donors (Lipinski definition) is 3. The first-order chi connectivity index (χ1) is 7.85. The number of nitro benzene ring substituents is 1. The first-order valence-corrected chi connectivity index (χ1v) is 5.24. The molecule has 0 heterocycles. The Morgan fingerprint density at radius 3 is 2.76 bits per heavy atom. The Morgan fingerprint density at radius 2 is 2.24 bits per heavy atom. The van der Waals surface area contributed by atoms with Gasteiger partial charge in [0, 0.05) is 17.6 Å². The van der Waals surface area contributed by atoms with E-state index in [0.29, 0.717) is 5.02 Å². The zero-order valence-corrected chi connectivity index (χ0v) is 9.94. The lowest BCUT2D eigenvalue weighted by molar-refractivity contribution is -0.384. The molecule has 0 saturated heterocycles. The molecule has 0 spiro atoms. The lowest BCUT2D eigenvalue weighted by atomic mass is 10.1. The normalized spacial score (nSPS) is 14.1. The molecule has 1 aromatic carbocycles. The van der Waals surface area contributed by atoms with Crippen LogP contribution in [0, 0.1) is 10.1 Å². The summed E-state index contributed by atoms with van der Waals surface area (Å²) in [4.78, 5) is 10.2. The molecule has 0 amide bonds. The number of nitro groups is 1. The van der Waals surface area contributed by atoms with E-state index in [1.165, 1.54) is 25.1 Å². The topological polar surface area (TPSA) is 95.6 Å². The van der Waals surface area contributed by atoms with Crippen LogP contribution in [0.15, 0.2) is 18.2 Å². The third-order valence-electron chi connectivity index (χ3n) is 2.16. The highest BCUT2D eigenvalue weighted by Crippen LogP contribution is 2.27. The van der Waals surface area contributed by atoms with Crippen LogP contribution in [-0.4, -0.2) is 33.9 Å². The Hall–Kier alpha value is -1.37. The number of nitrogens with one attached hydrogen (secondary N) is 1. The van der Waals surface area contributed by atoms with E-state index < -0.39 is 17.1 Å². The summed E-state index contributed by atoms with van der Waals surface area (Å²) in [5.74, 6) is 0. The molecule has 0 aromatic heterocycles. The van der Waals surface area contributed by atoms with Gasteiger partial charge in [0.05, 0.1) is 11.5 Å². The number of aliphatic hydroxyl groups is 2. The van der Waals surface area contributed by atoms with E-state index in [9.17, 15) is 15.2 Å². The zero-order valence-electron chi connectivity index (χ0n) is 9.18. The first kappa shape index (κ1) is 13.7. The van der Waals surface area contributed by atoms with Gasteiger partial charge in [0.1, 0.15) is 11.3 Å². The summed E-state index contributed by atoms with van der Waals surface area (Å²) in [6, 6.07) is 4.08. The fourth-order valence-electron chi connectivity index (χ4n) is 1.15. The molecular formula is C10H13ClN2O4. The molecule has 1 unspecified atom stereocenters. The molecule has 0 aliphatic heterocycles. The number of hydrogen-bond acceptors (Lipinski definition) is 5. The number of anilines is 1. The number of rotatable bonds is 5. The Bertz CT molecular complexity index is 423. The van der Waals surface area contributed by atoms with Crippen molar-refractivity contribution in [3.63, 3.8) is 0 Å². The van der Waals surface area contributed by atoms with Gasteiger partial charge in [-0.3, -0.25) is 10.1 Å². The largest absolute Gasteiger partial charge is 0.393 e. The van der Waals surface area contributed by atoms with Gasteiger partial charge in [-0.25, -0.2) is 0 Å². The van der Waals surface area contributed by atoms with Gasteiger partial charge >= 0.3 is 0 Å². The van der Waals surface area contributed by atoms with Gasteiger partial charge in [0.2, 0.25) is 0 Å². The number of nitrogens with zero attached hydrogens (tertiary/aromatic N) is 1. The predicted octanol–water partition coefficient (Wildman–Crippen LogP) is 1.40. The summed E-state index contributed by atoms with van der Waals surface area (Å²) < 4.78 is 0. The second kappa shape index (κ2) is 5.31. The fourth-order valence-corrected chi connectivity index (χ4v) is 1.32. The summed E-state index contributed by atoms with van der Waals surface area (Å²) in [5.41, 5.74) is -1.28. The fraction of sp³-hybridized carbons (Fsp3) is 0.400. The second-order valence-corrected chi connectivity index (χ2v) is 4.36. The molecule has 0 aliphatic rings. The van der Waals surface area contributed by atoms with Crippen molar-refractivity contribution in [3.8, 4) is 0 Å². The maximum absolute atomic E-state index is 10.7. The minimum Gasteiger partial charge on any atom is -0.393 e.